The zero-order valence-corrected chi connectivity index (χ0v) is 19.3. The van der Waals surface area contributed by atoms with Crippen molar-refractivity contribution in [1.82, 2.24) is 9.55 Å². The van der Waals surface area contributed by atoms with Crippen LogP contribution in [0.15, 0.2) is 41.2 Å². The summed E-state index contributed by atoms with van der Waals surface area (Å²) in [6, 6.07) is 9.59. The molecule has 0 unspecified atom stereocenters. The molecule has 9 nitrogen and oxygen atoms in total. The standard InChI is InChI=1S/C25H27N3O6/c1-32-18-12-17(13-19(14-18)33-2)26-23(29)15-34-25(31)16-8-9-20-21(11-16)27-22-7-5-3-4-6-10-28(22)24(20)30/h8-9,11-14H,3-7,10,15H2,1-2H3,(H,26,29). The van der Waals surface area contributed by atoms with Crippen LogP contribution in [0, 0.1) is 0 Å². The lowest BCUT2D eigenvalue weighted by molar-refractivity contribution is -0.119. The fourth-order valence-electron chi connectivity index (χ4n) is 4.01. The molecule has 1 N–H and O–H groups in total. The number of amides is 1. The highest BCUT2D eigenvalue weighted by Gasteiger charge is 2.16. The van der Waals surface area contributed by atoms with Gasteiger partial charge >= 0.3 is 5.97 Å². The summed E-state index contributed by atoms with van der Waals surface area (Å²) >= 11 is 0. The minimum atomic E-state index is -0.672. The normalized spacial score (nSPS) is 13.4. The van der Waals surface area contributed by atoms with E-state index >= 15 is 0 Å². The van der Waals surface area contributed by atoms with Crippen molar-refractivity contribution in [1.29, 1.82) is 0 Å². The van der Waals surface area contributed by atoms with Gasteiger partial charge < -0.3 is 19.5 Å². The largest absolute Gasteiger partial charge is 0.497 e. The number of ether oxygens (including phenoxy) is 3. The van der Waals surface area contributed by atoms with Gasteiger partial charge in [-0.1, -0.05) is 12.8 Å². The van der Waals surface area contributed by atoms with E-state index in [1.165, 1.54) is 20.3 Å². The summed E-state index contributed by atoms with van der Waals surface area (Å²) in [5, 5.41) is 3.11. The average molecular weight is 466 g/mol. The molecule has 0 bridgehead atoms. The number of fused-ring (bicyclic) bond motifs is 2. The number of rotatable bonds is 6. The van der Waals surface area contributed by atoms with E-state index in [1.807, 2.05) is 0 Å². The molecule has 4 rings (SSSR count). The van der Waals surface area contributed by atoms with E-state index in [2.05, 4.69) is 10.3 Å². The van der Waals surface area contributed by atoms with E-state index in [9.17, 15) is 14.4 Å². The van der Waals surface area contributed by atoms with Gasteiger partial charge in [0.2, 0.25) is 0 Å². The summed E-state index contributed by atoms with van der Waals surface area (Å²) in [7, 11) is 3.02. The van der Waals surface area contributed by atoms with Crippen LogP contribution < -0.4 is 20.3 Å². The summed E-state index contributed by atoms with van der Waals surface area (Å²) in [5.74, 6) is 0.589. The maximum atomic E-state index is 12.9. The number of methoxy groups -OCH3 is 2. The molecule has 34 heavy (non-hydrogen) atoms. The molecule has 1 aliphatic rings. The van der Waals surface area contributed by atoms with Crippen LogP contribution in [0.5, 0.6) is 11.5 Å². The highest BCUT2D eigenvalue weighted by molar-refractivity contribution is 5.97. The van der Waals surface area contributed by atoms with E-state index in [4.69, 9.17) is 14.2 Å². The summed E-state index contributed by atoms with van der Waals surface area (Å²) in [6.45, 7) is 0.186. The van der Waals surface area contributed by atoms with Gasteiger partial charge in [-0.2, -0.15) is 0 Å². The van der Waals surface area contributed by atoms with Gasteiger partial charge in [-0.05, 0) is 31.0 Å². The second-order valence-electron chi connectivity index (χ2n) is 8.11. The van der Waals surface area contributed by atoms with Crippen LogP contribution in [0.4, 0.5) is 5.69 Å². The van der Waals surface area contributed by atoms with Gasteiger partial charge in [0.15, 0.2) is 6.61 Å². The van der Waals surface area contributed by atoms with Gasteiger partial charge in [-0.3, -0.25) is 14.2 Å². The van der Waals surface area contributed by atoms with Gasteiger partial charge in [-0.25, -0.2) is 9.78 Å². The van der Waals surface area contributed by atoms with E-state index in [1.54, 1.807) is 34.9 Å². The van der Waals surface area contributed by atoms with Crippen molar-refractivity contribution in [3.05, 3.63) is 58.1 Å². The molecule has 1 aliphatic heterocycles. The van der Waals surface area contributed by atoms with Gasteiger partial charge in [0.1, 0.15) is 17.3 Å². The molecule has 0 spiro atoms. The summed E-state index contributed by atoms with van der Waals surface area (Å²) in [5.41, 5.74) is 1.05. The first kappa shape index (κ1) is 23.3. The molecular weight excluding hydrogens is 438 g/mol. The zero-order valence-electron chi connectivity index (χ0n) is 19.3. The Labute approximate surface area is 196 Å². The third-order valence-corrected chi connectivity index (χ3v) is 5.77. The predicted octanol–water partition coefficient (Wildman–Crippen LogP) is 3.33. The van der Waals surface area contributed by atoms with Crippen LogP contribution in [0.3, 0.4) is 0 Å². The van der Waals surface area contributed by atoms with Crippen molar-refractivity contribution >= 4 is 28.5 Å². The average Bonchev–Trinajstić information content (AvgIpc) is 2.83. The Balaban J connectivity index is 1.46. The third kappa shape index (κ3) is 5.19. The summed E-state index contributed by atoms with van der Waals surface area (Å²) in [4.78, 5) is 42.5. The van der Waals surface area contributed by atoms with Gasteiger partial charge in [-0.15, -0.1) is 0 Å². The number of benzene rings is 2. The summed E-state index contributed by atoms with van der Waals surface area (Å²) < 4.78 is 17.3. The van der Waals surface area contributed by atoms with Crippen molar-refractivity contribution in [3.8, 4) is 11.5 Å². The topological polar surface area (TPSA) is 109 Å². The molecule has 0 fully saturated rings. The van der Waals surface area contributed by atoms with Gasteiger partial charge in [0, 0.05) is 36.9 Å². The number of aromatic nitrogens is 2. The SMILES string of the molecule is COc1cc(NC(=O)COC(=O)c2ccc3c(=O)n4c(nc3c2)CCCCCC4)cc(OC)c1. The number of nitrogens with one attached hydrogen (secondary N) is 1. The fraction of sp³-hybridized carbons (Fsp3) is 0.360. The molecule has 1 aromatic heterocycles. The first-order valence-corrected chi connectivity index (χ1v) is 11.2. The van der Waals surface area contributed by atoms with E-state index in [-0.39, 0.29) is 11.1 Å². The highest BCUT2D eigenvalue weighted by Crippen LogP contribution is 2.25. The lowest BCUT2D eigenvalue weighted by Crippen LogP contribution is -2.26. The second kappa shape index (κ2) is 10.4. The van der Waals surface area contributed by atoms with Crippen LogP contribution in [0.25, 0.3) is 10.9 Å². The molecule has 2 heterocycles. The smallest absolute Gasteiger partial charge is 0.338 e. The zero-order chi connectivity index (χ0) is 24.1. The molecule has 178 valence electrons. The van der Waals surface area contributed by atoms with Crippen molar-refractivity contribution in [2.75, 3.05) is 26.1 Å². The molecular formula is C25H27N3O6. The number of aryl methyl sites for hydroxylation is 1. The Bertz CT molecular complexity index is 1260. The minimum Gasteiger partial charge on any atom is -0.497 e. The Hall–Kier alpha value is -3.88. The summed E-state index contributed by atoms with van der Waals surface area (Å²) in [6.07, 6.45) is 4.89. The Morgan fingerprint density at radius 1 is 1.00 bits per heavy atom. The number of nitrogens with zero attached hydrogens (tertiary/aromatic N) is 2. The number of esters is 1. The van der Waals surface area contributed by atoms with E-state index in [0.29, 0.717) is 34.6 Å². The molecule has 3 aromatic rings. The fourth-order valence-corrected chi connectivity index (χ4v) is 4.01. The van der Waals surface area contributed by atoms with Crippen molar-refractivity contribution < 1.29 is 23.8 Å². The molecule has 0 aliphatic carbocycles. The van der Waals surface area contributed by atoms with Crippen LogP contribution >= 0.6 is 0 Å². The second-order valence-corrected chi connectivity index (χ2v) is 8.11. The Morgan fingerprint density at radius 2 is 1.74 bits per heavy atom. The number of anilines is 1. The lowest BCUT2D eigenvalue weighted by atomic mass is 10.1. The predicted molar refractivity (Wildman–Crippen MR) is 127 cm³/mol. The minimum absolute atomic E-state index is 0.0880. The van der Waals surface area contributed by atoms with Crippen LogP contribution in [-0.2, 0) is 22.5 Å². The quantitative estimate of drug-likeness (QED) is 0.556. The Morgan fingerprint density at radius 3 is 2.47 bits per heavy atom. The van der Waals surface area contributed by atoms with E-state index < -0.39 is 18.5 Å². The number of carbonyl (C=O) groups excluding carboxylic acids is 2. The highest BCUT2D eigenvalue weighted by atomic mass is 16.5. The van der Waals surface area contributed by atoms with Crippen molar-refractivity contribution in [3.63, 3.8) is 0 Å². The van der Waals surface area contributed by atoms with E-state index in [0.717, 1.165) is 37.9 Å². The first-order valence-electron chi connectivity index (χ1n) is 11.2. The molecule has 0 atom stereocenters. The third-order valence-electron chi connectivity index (χ3n) is 5.77. The van der Waals surface area contributed by atoms with Gasteiger partial charge in [0.05, 0.1) is 30.7 Å². The number of hydrogen-bond acceptors (Lipinski definition) is 7. The Kier molecular flexibility index (Phi) is 7.10. The maximum absolute atomic E-state index is 12.9. The lowest BCUT2D eigenvalue weighted by Gasteiger charge is -2.16. The molecule has 0 saturated carbocycles. The number of carbonyl (C=O) groups is 2. The van der Waals surface area contributed by atoms with Gasteiger partial charge in [0.25, 0.3) is 11.5 Å². The molecule has 1 amide bonds. The number of hydrogen-bond donors (Lipinski definition) is 1. The molecule has 9 heteroatoms. The first-order chi connectivity index (χ1) is 16.5. The molecule has 0 radical (unpaired) electrons. The maximum Gasteiger partial charge on any atom is 0.338 e. The molecule has 0 saturated heterocycles. The van der Waals surface area contributed by atoms with Crippen LogP contribution in [0.1, 0.15) is 41.9 Å². The van der Waals surface area contributed by atoms with Crippen LogP contribution in [0.2, 0.25) is 0 Å². The monoisotopic (exact) mass is 465 g/mol. The van der Waals surface area contributed by atoms with Crippen molar-refractivity contribution in [2.24, 2.45) is 0 Å². The molecule has 2 aromatic carbocycles. The van der Waals surface area contributed by atoms with Crippen LogP contribution in [-0.4, -0.2) is 42.3 Å². The van der Waals surface area contributed by atoms with Crippen molar-refractivity contribution in [2.45, 2.75) is 38.6 Å².